The van der Waals surface area contributed by atoms with Crippen molar-refractivity contribution in [2.24, 2.45) is 5.92 Å². The molecule has 1 saturated heterocycles. The molecule has 0 aromatic carbocycles. The Morgan fingerprint density at radius 1 is 1.67 bits per heavy atom. The fourth-order valence-corrected chi connectivity index (χ4v) is 2.89. The van der Waals surface area contributed by atoms with Crippen molar-refractivity contribution in [1.29, 1.82) is 0 Å². The van der Waals surface area contributed by atoms with Gasteiger partial charge in [-0.15, -0.1) is 0 Å². The highest BCUT2D eigenvalue weighted by Crippen LogP contribution is 2.25. The molecule has 0 saturated carbocycles. The molecule has 2 heterocycles. The topological polar surface area (TPSA) is 59.2 Å². The van der Waals surface area contributed by atoms with Crippen LogP contribution in [0.25, 0.3) is 0 Å². The SMILES string of the molecule is CC(O)c1noc(CC2CCCSC2)n1. The monoisotopic (exact) mass is 228 g/mol. The van der Waals surface area contributed by atoms with Gasteiger partial charge in [-0.25, -0.2) is 0 Å². The third-order valence-electron chi connectivity index (χ3n) is 2.58. The Morgan fingerprint density at radius 2 is 2.53 bits per heavy atom. The van der Waals surface area contributed by atoms with Crippen LogP contribution < -0.4 is 0 Å². The first-order valence-electron chi connectivity index (χ1n) is 5.34. The number of nitrogens with zero attached hydrogens (tertiary/aromatic N) is 2. The minimum absolute atomic E-state index is 0.397. The molecule has 2 unspecified atom stereocenters. The van der Waals surface area contributed by atoms with Crippen LogP contribution in [0.5, 0.6) is 0 Å². The standard InChI is InChI=1S/C10H16N2O2S/c1-7(13)10-11-9(14-12-10)5-8-3-2-4-15-6-8/h7-8,13H,2-6H2,1H3. The lowest BCUT2D eigenvalue weighted by molar-refractivity contribution is 0.184. The summed E-state index contributed by atoms with van der Waals surface area (Å²) in [5, 5.41) is 13.0. The zero-order valence-electron chi connectivity index (χ0n) is 8.85. The van der Waals surface area contributed by atoms with Crippen molar-refractivity contribution in [3.05, 3.63) is 11.7 Å². The van der Waals surface area contributed by atoms with Crippen molar-refractivity contribution in [1.82, 2.24) is 10.1 Å². The second kappa shape index (κ2) is 4.99. The summed E-state index contributed by atoms with van der Waals surface area (Å²) >= 11 is 2.00. The first kappa shape index (κ1) is 11.0. The summed E-state index contributed by atoms with van der Waals surface area (Å²) in [5.74, 6) is 4.18. The molecule has 15 heavy (non-hydrogen) atoms. The summed E-state index contributed by atoms with van der Waals surface area (Å²) in [6.45, 7) is 1.64. The van der Waals surface area contributed by atoms with Crippen LogP contribution in [-0.2, 0) is 6.42 Å². The molecule has 1 aliphatic heterocycles. The van der Waals surface area contributed by atoms with E-state index in [4.69, 9.17) is 4.52 Å². The summed E-state index contributed by atoms with van der Waals surface area (Å²) in [7, 11) is 0. The van der Waals surface area contributed by atoms with Crippen molar-refractivity contribution in [3.63, 3.8) is 0 Å². The van der Waals surface area contributed by atoms with Crippen molar-refractivity contribution >= 4 is 11.8 Å². The van der Waals surface area contributed by atoms with E-state index in [-0.39, 0.29) is 0 Å². The Morgan fingerprint density at radius 3 is 3.13 bits per heavy atom. The van der Waals surface area contributed by atoms with Crippen molar-refractivity contribution in [3.8, 4) is 0 Å². The van der Waals surface area contributed by atoms with Crippen LogP contribution in [0.1, 0.15) is 37.6 Å². The van der Waals surface area contributed by atoms with Gasteiger partial charge in [0.1, 0.15) is 6.10 Å². The summed E-state index contributed by atoms with van der Waals surface area (Å²) in [6.07, 6.45) is 2.75. The van der Waals surface area contributed by atoms with Crippen LogP contribution in [0, 0.1) is 5.92 Å². The quantitative estimate of drug-likeness (QED) is 0.855. The first-order chi connectivity index (χ1) is 7.25. The van der Waals surface area contributed by atoms with E-state index in [1.165, 1.54) is 24.3 Å². The maximum absolute atomic E-state index is 9.25. The number of aliphatic hydroxyl groups is 1. The van der Waals surface area contributed by atoms with Gasteiger partial charge in [0, 0.05) is 6.42 Å². The number of aliphatic hydroxyl groups excluding tert-OH is 1. The molecule has 1 N–H and O–H groups in total. The summed E-state index contributed by atoms with van der Waals surface area (Å²) in [6, 6.07) is 0. The molecule has 2 atom stereocenters. The summed E-state index contributed by atoms with van der Waals surface area (Å²) in [4.78, 5) is 4.17. The van der Waals surface area contributed by atoms with Crippen molar-refractivity contribution in [2.45, 2.75) is 32.3 Å². The third-order valence-corrected chi connectivity index (χ3v) is 3.86. The van der Waals surface area contributed by atoms with Crippen molar-refractivity contribution in [2.75, 3.05) is 11.5 Å². The molecular weight excluding hydrogens is 212 g/mol. The minimum atomic E-state index is -0.636. The highest BCUT2D eigenvalue weighted by atomic mass is 32.2. The molecule has 2 rings (SSSR count). The average Bonchev–Trinajstić information content (AvgIpc) is 2.68. The Hall–Kier alpha value is -0.550. The molecule has 1 fully saturated rings. The van der Waals surface area contributed by atoms with Gasteiger partial charge in [-0.1, -0.05) is 5.16 Å². The summed E-state index contributed by atoms with van der Waals surface area (Å²) in [5.41, 5.74) is 0. The van der Waals surface area contributed by atoms with Crippen LogP contribution in [-0.4, -0.2) is 26.8 Å². The molecule has 0 radical (unpaired) electrons. The van der Waals surface area contributed by atoms with E-state index < -0.39 is 6.10 Å². The molecule has 1 aromatic heterocycles. The van der Waals surface area contributed by atoms with Crippen LogP contribution >= 0.6 is 11.8 Å². The van der Waals surface area contributed by atoms with E-state index in [9.17, 15) is 5.11 Å². The highest BCUT2D eigenvalue weighted by molar-refractivity contribution is 7.99. The predicted octanol–water partition coefficient (Wildman–Crippen LogP) is 1.81. The predicted molar refractivity (Wildman–Crippen MR) is 58.7 cm³/mol. The fourth-order valence-electron chi connectivity index (χ4n) is 1.74. The number of hydrogen-bond acceptors (Lipinski definition) is 5. The van der Waals surface area contributed by atoms with E-state index in [1.54, 1.807) is 6.92 Å². The van der Waals surface area contributed by atoms with Gasteiger partial charge < -0.3 is 9.63 Å². The van der Waals surface area contributed by atoms with Gasteiger partial charge in [0.05, 0.1) is 0 Å². The molecular formula is C10H16N2O2S. The third kappa shape index (κ3) is 2.95. The molecule has 0 spiro atoms. The number of hydrogen-bond donors (Lipinski definition) is 1. The summed E-state index contributed by atoms with van der Waals surface area (Å²) < 4.78 is 5.10. The molecule has 1 aliphatic rings. The maximum Gasteiger partial charge on any atom is 0.227 e. The minimum Gasteiger partial charge on any atom is -0.385 e. The van der Waals surface area contributed by atoms with E-state index in [0.717, 1.165) is 6.42 Å². The Labute approximate surface area is 93.4 Å². The molecule has 4 nitrogen and oxygen atoms in total. The lowest BCUT2D eigenvalue weighted by Gasteiger charge is -2.19. The van der Waals surface area contributed by atoms with Gasteiger partial charge in [-0.3, -0.25) is 0 Å². The normalized spacial score (nSPS) is 24.0. The van der Waals surface area contributed by atoms with Gasteiger partial charge >= 0.3 is 0 Å². The van der Waals surface area contributed by atoms with Crippen molar-refractivity contribution < 1.29 is 9.63 Å². The largest absolute Gasteiger partial charge is 0.385 e. The zero-order chi connectivity index (χ0) is 10.7. The highest BCUT2D eigenvalue weighted by Gasteiger charge is 2.18. The molecule has 84 valence electrons. The van der Waals surface area contributed by atoms with Crippen LogP contribution in [0.3, 0.4) is 0 Å². The van der Waals surface area contributed by atoms with E-state index in [0.29, 0.717) is 17.6 Å². The van der Waals surface area contributed by atoms with Crippen LogP contribution in [0.4, 0.5) is 0 Å². The van der Waals surface area contributed by atoms with Crippen LogP contribution in [0.2, 0.25) is 0 Å². The Balaban J connectivity index is 1.91. The second-order valence-corrected chi connectivity index (χ2v) is 5.16. The van der Waals surface area contributed by atoms with E-state index in [1.807, 2.05) is 11.8 Å². The van der Waals surface area contributed by atoms with Gasteiger partial charge in [-0.05, 0) is 37.2 Å². The first-order valence-corrected chi connectivity index (χ1v) is 6.49. The number of rotatable bonds is 3. The average molecular weight is 228 g/mol. The smallest absolute Gasteiger partial charge is 0.227 e. The maximum atomic E-state index is 9.25. The second-order valence-electron chi connectivity index (χ2n) is 4.01. The lowest BCUT2D eigenvalue weighted by Crippen LogP contribution is -2.13. The molecule has 0 bridgehead atoms. The Bertz CT molecular complexity index is 308. The zero-order valence-corrected chi connectivity index (χ0v) is 9.66. The van der Waals surface area contributed by atoms with Gasteiger partial charge in [-0.2, -0.15) is 16.7 Å². The van der Waals surface area contributed by atoms with Gasteiger partial charge in [0.25, 0.3) is 0 Å². The number of thioether (sulfide) groups is 1. The Kier molecular flexibility index (Phi) is 3.64. The number of aromatic nitrogens is 2. The van der Waals surface area contributed by atoms with Gasteiger partial charge in [0.2, 0.25) is 5.89 Å². The molecule has 1 aromatic rings. The van der Waals surface area contributed by atoms with Gasteiger partial charge in [0.15, 0.2) is 5.82 Å². The van der Waals surface area contributed by atoms with E-state index >= 15 is 0 Å². The fraction of sp³-hybridized carbons (Fsp3) is 0.800. The van der Waals surface area contributed by atoms with E-state index in [2.05, 4.69) is 10.1 Å². The van der Waals surface area contributed by atoms with Crippen LogP contribution in [0.15, 0.2) is 4.52 Å². The molecule has 0 amide bonds. The lowest BCUT2D eigenvalue weighted by atomic mass is 10.0. The molecule has 0 aliphatic carbocycles. The molecule has 5 heteroatoms.